The van der Waals surface area contributed by atoms with Crippen LogP contribution in [0.5, 0.6) is 0 Å². The summed E-state index contributed by atoms with van der Waals surface area (Å²) in [7, 11) is 0.0264. The van der Waals surface area contributed by atoms with Crippen LogP contribution < -0.4 is 0 Å². The van der Waals surface area contributed by atoms with Crippen LogP contribution in [0.1, 0.15) is 29.7 Å². The smallest absolute Gasteiger partial charge is 0.229 e. The maximum atomic E-state index is 8.12. The first kappa shape index (κ1) is 30.6. The standard InChI is InChI=1S/C3H8O2Si2.4CH4/c1-6-5-7-3-2-4;;;;/h4H,2,6H2,1H3;4*1H4. The van der Waals surface area contributed by atoms with Gasteiger partial charge in [-0.05, 0) is 6.55 Å². The van der Waals surface area contributed by atoms with Crippen molar-refractivity contribution in [1.29, 1.82) is 0 Å². The Kier molecular flexibility index (Phi) is 90.3. The molecule has 4 heteroatoms. The fraction of sp³-hybridized carbons (Fsp3) is 0.857. The predicted molar refractivity (Wildman–Crippen MR) is 59.1 cm³/mol. The number of hydrogen-bond acceptors (Lipinski definition) is 2. The van der Waals surface area contributed by atoms with Crippen LogP contribution in [-0.4, -0.2) is 30.7 Å². The molecule has 0 heterocycles. The molecular formula is C7H24O2Si2. The minimum atomic E-state index is -0.268. The summed E-state index contributed by atoms with van der Waals surface area (Å²) in [6, 6.07) is 0. The Morgan fingerprint density at radius 1 is 1.36 bits per heavy atom. The number of aliphatic hydroxyl groups excluding tert-OH is 1. The minimum absolute atomic E-state index is 0. The van der Waals surface area contributed by atoms with E-state index in [1.807, 2.05) is 6.55 Å². The topological polar surface area (TPSA) is 29.5 Å². The van der Waals surface area contributed by atoms with Gasteiger partial charge in [-0.25, -0.2) is 0 Å². The van der Waals surface area contributed by atoms with Crippen LogP contribution in [0.2, 0.25) is 6.55 Å². The molecule has 0 aliphatic rings. The van der Waals surface area contributed by atoms with Crippen molar-refractivity contribution in [2.75, 3.05) is 6.61 Å². The summed E-state index contributed by atoms with van der Waals surface area (Å²) in [4.78, 5) is 0. The van der Waals surface area contributed by atoms with Gasteiger partial charge in [0.1, 0.15) is 0 Å². The van der Waals surface area contributed by atoms with Gasteiger partial charge in [-0.1, -0.05) is 35.2 Å². The van der Waals surface area contributed by atoms with Crippen molar-refractivity contribution in [3.8, 4) is 5.50 Å². The monoisotopic (exact) mass is 196 g/mol. The van der Waals surface area contributed by atoms with E-state index in [9.17, 15) is 0 Å². The van der Waals surface area contributed by atoms with Crippen LogP contribution in [0, 0.1) is 5.50 Å². The van der Waals surface area contributed by atoms with Gasteiger partial charge in [0.25, 0.3) is 0 Å². The summed E-state index contributed by atoms with van der Waals surface area (Å²) in [6.07, 6.45) is 0. The Balaban J connectivity index is -0.0000000300. The summed E-state index contributed by atoms with van der Waals surface area (Å²) < 4.78 is 4.97. The first-order chi connectivity index (χ1) is 3.41. The Labute approximate surface area is 77.1 Å². The van der Waals surface area contributed by atoms with Gasteiger partial charge in [-0.2, -0.15) is 0 Å². The van der Waals surface area contributed by atoms with E-state index in [-0.39, 0.29) is 46.1 Å². The summed E-state index contributed by atoms with van der Waals surface area (Å²) in [5, 5.41) is 8.12. The highest BCUT2D eigenvalue weighted by Gasteiger charge is 1.65. The second-order valence-electron chi connectivity index (χ2n) is 0.870. The van der Waals surface area contributed by atoms with Gasteiger partial charge in [-0.3, -0.25) is 0 Å². The van der Waals surface area contributed by atoms with Gasteiger partial charge in [0, 0.05) is 0 Å². The lowest BCUT2D eigenvalue weighted by Gasteiger charge is -1.83. The zero-order valence-corrected chi connectivity index (χ0v) is 6.68. The third kappa shape index (κ3) is 40.2. The average Bonchev–Trinajstić information content (AvgIpc) is 1.69. The Morgan fingerprint density at radius 2 is 1.82 bits per heavy atom. The van der Waals surface area contributed by atoms with Gasteiger partial charge in [-0.15, -0.1) is 0 Å². The Hall–Kier alpha value is -0.0262. The number of rotatable bonds is 1. The summed E-state index contributed by atoms with van der Waals surface area (Å²) in [5.74, 6) is 0. The largest absolute Gasteiger partial charge is 0.564 e. The Morgan fingerprint density at radius 3 is 2.09 bits per heavy atom. The van der Waals surface area contributed by atoms with Crippen molar-refractivity contribution in [2.45, 2.75) is 36.3 Å². The molecule has 2 nitrogen and oxygen atoms in total. The molecule has 0 saturated heterocycles. The fourth-order valence-corrected chi connectivity index (χ4v) is 1.21. The molecule has 0 rings (SSSR count). The SMILES string of the molecule is C.C.C.C.C[SiH2]O[Si]#CCO. The molecule has 0 aromatic heterocycles. The zero-order chi connectivity index (χ0) is 5.54. The zero-order valence-electron chi connectivity index (χ0n) is 4.27. The van der Waals surface area contributed by atoms with Crippen LogP contribution in [0.15, 0.2) is 0 Å². The van der Waals surface area contributed by atoms with Crippen molar-refractivity contribution in [3.63, 3.8) is 0 Å². The van der Waals surface area contributed by atoms with Crippen molar-refractivity contribution in [3.05, 3.63) is 0 Å². The molecule has 0 aliphatic carbocycles. The van der Waals surface area contributed by atoms with E-state index in [4.69, 9.17) is 9.22 Å². The molecule has 0 aromatic carbocycles. The van der Waals surface area contributed by atoms with E-state index in [0.29, 0.717) is 9.20 Å². The molecule has 0 aromatic rings. The van der Waals surface area contributed by atoms with Crippen LogP contribution >= 0.6 is 0 Å². The molecule has 0 aliphatic heterocycles. The molecule has 0 atom stereocenters. The highest BCUT2D eigenvalue weighted by Crippen LogP contribution is 1.53. The quantitative estimate of drug-likeness (QED) is 0.640. The highest BCUT2D eigenvalue weighted by atomic mass is 28.3. The van der Waals surface area contributed by atoms with E-state index in [1.54, 1.807) is 0 Å². The molecule has 11 heavy (non-hydrogen) atoms. The van der Waals surface area contributed by atoms with Crippen molar-refractivity contribution >= 4 is 19.0 Å². The fourth-order valence-electron chi connectivity index (χ4n) is 0.155. The summed E-state index contributed by atoms with van der Waals surface area (Å²) in [6.45, 7) is 2.07. The second-order valence-corrected chi connectivity index (χ2v) is 3.16. The minimum Gasteiger partial charge on any atom is -0.564 e. The molecule has 0 saturated carbocycles. The van der Waals surface area contributed by atoms with E-state index < -0.39 is 0 Å². The number of aliphatic hydroxyl groups is 1. The summed E-state index contributed by atoms with van der Waals surface area (Å²) in [5.41, 5.74) is 2.64. The molecule has 1 N–H and O–H groups in total. The van der Waals surface area contributed by atoms with Crippen LogP contribution in [-0.2, 0) is 4.12 Å². The first-order valence-electron chi connectivity index (χ1n) is 2.12. The third-order valence-corrected chi connectivity index (χ3v) is 2.40. The van der Waals surface area contributed by atoms with Gasteiger partial charge >= 0.3 is 0 Å². The molecule has 0 bridgehead atoms. The van der Waals surface area contributed by atoms with E-state index in [2.05, 4.69) is 5.50 Å². The maximum Gasteiger partial charge on any atom is 0.229 e. The van der Waals surface area contributed by atoms with E-state index in [0.717, 1.165) is 0 Å². The molecular weight excluding hydrogens is 172 g/mol. The second kappa shape index (κ2) is 32.5. The number of hydrogen-bond donors (Lipinski definition) is 1. The maximum absolute atomic E-state index is 8.12. The highest BCUT2D eigenvalue weighted by molar-refractivity contribution is 6.36. The lowest BCUT2D eigenvalue weighted by Crippen LogP contribution is -1.89. The predicted octanol–water partition coefficient (Wildman–Crippen LogP) is 1.25. The van der Waals surface area contributed by atoms with E-state index >= 15 is 0 Å². The molecule has 0 radical (unpaired) electrons. The lowest BCUT2D eigenvalue weighted by atomic mass is 10.9. The molecule has 72 valence electrons. The van der Waals surface area contributed by atoms with Gasteiger partial charge in [0.05, 0.1) is 6.61 Å². The van der Waals surface area contributed by atoms with Crippen LogP contribution in [0.4, 0.5) is 0 Å². The van der Waals surface area contributed by atoms with Crippen LogP contribution in [0.25, 0.3) is 0 Å². The average molecular weight is 196 g/mol. The van der Waals surface area contributed by atoms with Crippen LogP contribution in [0.3, 0.4) is 0 Å². The van der Waals surface area contributed by atoms with Gasteiger partial charge < -0.3 is 9.22 Å². The molecule has 0 unspecified atom stereocenters. The normalized spacial score (nSPS) is 5.27. The van der Waals surface area contributed by atoms with Gasteiger partial charge in [0.15, 0.2) is 0 Å². The first-order valence-corrected chi connectivity index (χ1v) is 5.02. The van der Waals surface area contributed by atoms with Gasteiger partial charge in [0.2, 0.25) is 19.0 Å². The molecule has 0 amide bonds. The third-order valence-electron chi connectivity index (χ3n) is 0.368. The lowest BCUT2D eigenvalue weighted by molar-refractivity contribution is 0.351. The molecule has 0 fully saturated rings. The Bertz CT molecular complexity index is 86.2. The van der Waals surface area contributed by atoms with Crippen molar-refractivity contribution < 1.29 is 9.22 Å². The van der Waals surface area contributed by atoms with Crippen molar-refractivity contribution in [2.24, 2.45) is 0 Å². The molecule has 0 spiro atoms. The van der Waals surface area contributed by atoms with Crippen molar-refractivity contribution in [1.82, 2.24) is 0 Å². The summed E-state index contributed by atoms with van der Waals surface area (Å²) >= 11 is 0. The van der Waals surface area contributed by atoms with E-state index in [1.165, 1.54) is 0 Å².